The summed E-state index contributed by atoms with van der Waals surface area (Å²) in [6.07, 6.45) is 5.15. The van der Waals surface area contributed by atoms with Gasteiger partial charge in [0.25, 0.3) is 0 Å². The Morgan fingerprint density at radius 3 is 2.74 bits per heavy atom. The number of nitrogens with zero attached hydrogens (tertiary/aromatic N) is 5. The minimum atomic E-state index is -0.0340. The minimum Gasteiger partial charge on any atom is -0.382 e. The first-order valence-electron chi connectivity index (χ1n) is 6.54. The van der Waals surface area contributed by atoms with Crippen molar-refractivity contribution in [2.45, 2.75) is 24.8 Å². The molecule has 2 aromatic rings. The van der Waals surface area contributed by atoms with Crippen LogP contribution in [0.4, 0.5) is 11.5 Å². The zero-order valence-electron chi connectivity index (χ0n) is 11.1. The molecule has 19 heavy (non-hydrogen) atoms. The Labute approximate surface area is 111 Å². The molecule has 1 saturated carbocycles. The van der Waals surface area contributed by atoms with Crippen LogP contribution in [0.25, 0.3) is 11.3 Å². The Hall–Kier alpha value is -2.11. The van der Waals surface area contributed by atoms with Gasteiger partial charge in [-0.05, 0) is 25.3 Å². The lowest BCUT2D eigenvalue weighted by atomic mass is 9.70. The number of hydrogen-bond donors (Lipinski definition) is 1. The van der Waals surface area contributed by atoms with E-state index >= 15 is 0 Å². The summed E-state index contributed by atoms with van der Waals surface area (Å²) in [5.74, 6) is 0.572. The van der Waals surface area contributed by atoms with Crippen molar-refractivity contribution in [1.82, 2.24) is 20.0 Å². The number of aromatic nitrogens is 4. The van der Waals surface area contributed by atoms with Crippen molar-refractivity contribution < 1.29 is 0 Å². The molecular weight excluding hydrogens is 240 g/mol. The smallest absolute Gasteiger partial charge is 0.147 e. The molecule has 2 N–H and O–H groups in total. The number of aryl methyl sites for hydroxylation is 1. The van der Waals surface area contributed by atoms with Gasteiger partial charge in [0.15, 0.2) is 0 Å². The zero-order chi connectivity index (χ0) is 13.2. The molecule has 0 bridgehead atoms. The third-order valence-corrected chi connectivity index (χ3v) is 4.52. The number of nitrogen functional groups attached to an aromatic ring is 1. The van der Waals surface area contributed by atoms with E-state index in [-0.39, 0.29) is 5.54 Å². The van der Waals surface area contributed by atoms with Crippen LogP contribution < -0.4 is 10.6 Å². The fraction of sp³-hybridized carbons (Fsp3) is 0.462. The quantitative estimate of drug-likeness (QED) is 0.769. The second kappa shape index (κ2) is 3.26. The number of hydrogen-bond acceptors (Lipinski definition) is 5. The highest BCUT2D eigenvalue weighted by Crippen LogP contribution is 2.55. The molecule has 0 radical (unpaired) electrons. The Bertz CT molecular complexity index is 670. The second-order valence-electron chi connectivity index (χ2n) is 5.42. The molecular formula is C13H16N6. The van der Waals surface area contributed by atoms with Crippen molar-refractivity contribution in [2.24, 2.45) is 7.05 Å². The summed E-state index contributed by atoms with van der Waals surface area (Å²) in [7, 11) is 3.96. The second-order valence-corrected chi connectivity index (χ2v) is 5.42. The van der Waals surface area contributed by atoms with E-state index in [1.807, 2.05) is 13.1 Å². The van der Waals surface area contributed by atoms with Crippen LogP contribution in [0.2, 0.25) is 0 Å². The maximum absolute atomic E-state index is 6.09. The highest BCUT2D eigenvalue weighted by atomic mass is 15.5. The Morgan fingerprint density at radius 2 is 2.05 bits per heavy atom. The predicted octanol–water partition coefficient (Wildman–Crippen LogP) is 1.29. The van der Waals surface area contributed by atoms with Crippen LogP contribution in [-0.2, 0) is 12.6 Å². The van der Waals surface area contributed by atoms with Crippen LogP contribution >= 0.6 is 0 Å². The maximum atomic E-state index is 6.09. The standard InChI is InChI=1S/C13H16N6/c1-18-10-8(4-7-15-12(10)14)9-11(17-19(2)16-9)13(18)5-3-6-13/h4,7H,3,5-6H2,1-2H3,(H2,14,15). The van der Waals surface area contributed by atoms with Crippen LogP contribution in [0.15, 0.2) is 12.3 Å². The first-order valence-corrected chi connectivity index (χ1v) is 6.54. The van der Waals surface area contributed by atoms with Gasteiger partial charge in [0, 0.05) is 25.9 Å². The molecule has 1 spiro atoms. The summed E-state index contributed by atoms with van der Waals surface area (Å²) >= 11 is 0. The highest BCUT2D eigenvalue weighted by Gasteiger charge is 2.50. The van der Waals surface area contributed by atoms with Gasteiger partial charge in [0.05, 0.1) is 11.2 Å². The van der Waals surface area contributed by atoms with Crippen molar-refractivity contribution in [1.29, 1.82) is 0 Å². The molecule has 98 valence electrons. The molecule has 0 amide bonds. The van der Waals surface area contributed by atoms with E-state index < -0.39 is 0 Å². The van der Waals surface area contributed by atoms with Crippen molar-refractivity contribution in [3.63, 3.8) is 0 Å². The van der Waals surface area contributed by atoms with E-state index in [2.05, 4.69) is 27.1 Å². The average molecular weight is 256 g/mol. The molecule has 3 heterocycles. The molecule has 1 aliphatic heterocycles. The molecule has 0 unspecified atom stereocenters. The lowest BCUT2D eigenvalue weighted by molar-refractivity contribution is 0.231. The van der Waals surface area contributed by atoms with E-state index in [0.717, 1.165) is 35.5 Å². The largest absolute Gasteiger partial charge is 0.382 e. The van der Waals surface area contributed by atoms with Crippen LogP contribution in [0, 0.1) is 0 Å². The molecule has 0 saturated heterocycles. The molecule has 4 rings (SSSR count). The first-order chi connectivity index (χ1) is 9.13. The molecule has 2 aliphatic rings. The summed E-state index contributed by atoms with van der Waals surface area (Å²) in [4.78, 5) is 8.14. The summed E-state index contributed by atoms with van der Waals surface area (Å²) in [5.41, 5.74) is 10.1. The van der Waals surface area contributed by atoms with E-state index in [1.54, 1.807) is 11.0 Å². The number of nitrogens with two attached hydrogens (primary N) is 1. The van der Waals surface area contributed by atoms with Crippen molar-refractivity contribution >= 4 is 11.5 Å². The summed E-state index contributed by atoms with van der Waals surface area (Å²) in [6, 6.07) is 1.97. The van der Waals surface area contributed by atoms with Crippen molar-refractivity contribution in [2.75, 3.05) is 17.7 Å². The lowest BCUT2D eigenvalue weighted by Gasteiger charge is -2.51. The van der Waals surface area contributed by atoms with E-state index in [9.17, 15) is 0 Å². The highest BCUT2D eigenvalue weighted by molar-refractivity contribution is 5.88. The van der Waals surface area contributed by atoms with Gasteiger partial charge in [-0.3, -0.25) is 0 Å². The summed E-state index contributed by atoms with van der Waals surface area (Å²) < 4.78 is 0. The lowest BCUT2D eigenvalue weighted by Crippen LogP contribution is -2.52. The van der Waals surface area contributed by atoms with E-state index in [4.69, 9.17) is 5.73 Å². The van der Waals surface area contributed by atoms with Crippen LogP contribution in [0.1, 0.15) is 25.0 Å². The SMILES string of the molecule is CN1c2c(ccnc2N)-c2nn(C)nc2C12CCC2. The first kappa shape index (κ1) is 10.8. The van der Waals surface area contributed by atoms with Gasteiger partial charge in [-0.25, -0.2) is 4.98 Å². The van der Waals surface area contributed by atoms with E-state index in [1.165, 1.54) is 6.42 Å². The maximum Gasteiger partial charge on any atom is 0.147 e. The zero-order valence-corrected chi connectivity index (χ0v) is 11.1. The van der Waals surface area contributed by atoms with Gasteiger partial charge < -0.3 is 10.6 Å². The van der Waals surface area contributed by atoms with Crippen molar-refractivity contribution in [3.05, 3.63) is 18.0 Å². The number of fused-ring (bicyclic) bond motifs is 4. The molecule has 0 aromatic carbocycles. The van der Waals surface area contributed by atoms with Crippen LogP contribution in [-0.4, -0.2) is 27.0 Å². The topological polar surface area (TPSA) is 72.9 Å². The minimum absolute atomic E-state index is 0.0340. The Kier molecular flexibility index (Phi) is 1.85. The molecule has 6 nitrogen and oxygen atoms in total. The molecule has 1 aliphatic carbocycles. The van der Waals surface area contributed by atoms with Gasteiger partial charge in [-0.15, -0.1) is 0 Å². The van der Waals surface area contributed by atoms with Gasteiger partial charge in [-0.2, -0.15) is 15.0 Å². The Balaban J connectivity index is 2.07. The molecule has 1 fully saturated rings. The van der Waals surface area contributed by atoms with Gasteiger partial charge in [0.1, 0.15) is 17.2 Å². The number of anilines is 2. The van der Waals surface area contributed by atoms with Gasteiger partial charge >= 0.3 is 0 Å². The van der Waals surface area contributed by atoms with Gasteiger partial charge in [0.2, 0.25) is 0 Å². The normalized spacial score (nSPS) is 18.9. The predicted molar refractivity (Wildman–Crippen MR) is 72.6 cm³/mol. The third kappa shape index (κ3) is 1.14. The summed E-state index contributed by atoms with van der Waals surface area (Å²) in [5, 5.41) is 9.15. The third-order valence-electron chi connectivity index (χ3n) is 4.52. The van der Waals surface area contributed by atoms with Crippen LogP contribution in [0.3, 0.4) is 0 Å². The molecule has 6 heteroatoms. The average Bonchev–Trinajstić information content (AvgIpc) is 2.69. The molecule has 2 aromatic heterocycles. The monoisotopic (exact) mass is 256 g/mol. The van der Waals surface area contributed by atoms with E-state index in [0.29, 0.717) is 5.82 Å². The fourth-order valence-electron chi connectivity index (χ4n) is 3.37. The fourth-order valence-corrected chi connectivity index (χ4v) is 3.37. The summed E-state index contributed by atoms with van der Waals surface area (Å²) in [6.45, 7) is 0. The number of rotatable bonds is 0. The Morgan fingerprint density at radius 1 is 1.26 bits per heavy atom. The van der Waals surface area contributed by atoms with Gasteiger partial charge in [-0.1, -0.05) is 0 Å². The van der Waals surface area contributed by atoms with Crippen molar-refractivity contribution in [3.8, 4) is 11.3 Å². The van der Waals surface area contributed by atoms with Crippen LogP contribution in [0.5, 0.6) is 0 Å². The molecule has 0 atom stereocenters. The number of pyridine rings is 1.